The van der Waals surface area contributed by atoms with Crippen LogP contribution in [0.4, 0.5) is 16.2 Å². The molecule has 0 aliphatic carbocycles. The van der Waals surface area contributed by atoms with Crippen molar-refractivity contribution in [1.29, 1.82) is 0 Å². The van der Waals surface area contributed by atoms with E-state index in [2.05, 4.69) is 24.4 Å². The lowest BCUT2D eigenvalue weighted by Gasteiger charge is -2.24. The zero-order valence-corrected chi connectivity index (χ0v) is 22.1. The van der Waals surface area contributed by atoms with Gasteiger partial charge in [-0.1, -0.05) is 80.8 Å². The minimum atomic E-state index is -0.214. The van der Waals surface area contributed by atoms with Crippen molar-refractivity contribution in [3.05, 3.63) is 84.4 Å². The number of unbranched alkanes of at least 4 members (excludes halogenated alkanes) is 4. The molecule has 0 saturated heterocycles. The minimum Gasteiger partial charge on any atom is -0.466 e. The van der Waals surface area contributed by atoms with Crippen LogP contribution in [0.3, 0.4) is 0 Å². The van der Waals surface area contributed by atoms with Crippen LogP contribution in [0, 0.1) is 0 Å². The Morgan fingerprint density at radius 1 is 0.833 bits per heavy atom. The summed E-state index contributed by atoms with van der Waals surface area (Å²) in [6.07, 6.45) is 5.95. The summed E-state index contributed by atoms with van der Waals surface area (Å²) >= 11 is 1.63. The number of amides is 2. The highest BCUT2D eigenvalue weighted by Crippen LogP contribution is 2.31. The van der Waals surface area contributed by atoms with Crippen LogP contribution in [-0.4, -0.2) is 25.2 Å². The Hall–Kier alpha value is -3.25. The van der Waals surface area contributed by atoms with Gasteiger partial charge in [-0.3, -0.25) is 9.69 Å². The first kappa shape index (κ1) is 27.3. The fourth-order valence-electron chi connectivity index (χ4n) is 3.84. The first-order chi connectivity index (χ1) is 17.6. The normalized spacial score (nSPS) is 10.6. The van der Waals surface area contributed by atoms with Crippen molar-refractivity contribution in [1.82, 2.24) is 0 Å². The number of esters is 1. The second kappa shape index (κ2) is 15.0. The number of urea groups is 1. The van der Waals surface area contributed by atoms with Gasteiger partial charge in [-0.05, 0) is 61.4 Å². The van der Waals surface area contributed by atoms with Crippen LogP contribution in [0.5, 0.6) is 0 Å². The van der Waals surface area contributed by atoms with Gasteiger partial charge in [-0.15, -0.1) is 0 Å². The number of carbonyl (C=O) groups excluding carboxylic acids is 2. The molecule has 3 rings (SSSR count). The Balaban J connectivity index is 1.70. The minimum absolute atomic E-state index is 0.123. The molecule has 0 fully saturated rings. The second-order valence-corrected chi connectivity index (χ2v) is 9.73. The standard InChI is InChI=1S/C30H36N2O3S/c1-3-5-6-7-11-21-32(30(34)31-25-13-9-8-10-14-25)26-15-12-16-28(23-26)36-27-19-17-24(18-20-27)22-29(33)35-4-2/h8-10,12-20,23H,3-7,11,21-22H2,1-2H3,(H,31,34). The number of ether oxygens (including phenoxy) is 1. The fourth-order valence-corrected chi connectivity index (χ4v) is 4.71. The number of carbonyl (C=O) groups is 2. The fraction of sp³-hybridized carbons (Fsp3) is 0.333. The maximum absolute atomic E-state index is 13.2. The van der Waals surface area contributed by atoms with Gasteiger partial charge in [0.1, 0.15) is 0 Å². The highest BCUT2D eigenvalue weighted by molar-refractivity contribution is 7.99. The van der Waals surface area contributed by atoms with E-state index in [0.717, 1.165) is 39.6 Å². The van der Waals surface area contributed by atoms with Crippen molar-refractivity contribution in [2.24, 2.45) is 0 Å². The monoisotopic (exact) mass is 504 g/mol. The van der Waals surface area contributed by atoms with E-state index in [9.17, 15) is 9.59 Å². The van der Waals surface area contributed by atoms with Crippen LogP contribution in [0.2, 0.25) is 0 Å². The molecule has 1 N–H and O–H groups in total. The predicted octanol–water partition coefficient (Wildman–Crippen LogP) is 7.95. The molecule has 5 nitrogen and oxygen atoms in total. The van der Waals surface area contributed by atoms with E-state index in [1.807, 2.05) is 78.6 Å². The Kier molecular flexibility index (Phi) is 11.4. The summed E-state index contributed by atoms with van der Waals surface area (Å²) in [5.74, 6) is -0.214. The van der Waals surface area contributed by atoms with E-state index in [1.165, 1.54) is 19.3 Å². The van der Waals surface area contributed by atoms with Gasteiger partial charge in [0, 0.05) is 27.7 Å². The Morgan fingerprint density at radius 2 is 1.58 bits per heavy atom. The average molecular weight is 505 g/mol. The number of benzene rings is 3. The third kappa shape index (κ3) is 9.08. The summed E-state index contributed by atoms with van der Waals surface area (Å²) in [6, 6.07) is 25.5. The molecule has 3 aromatic rings. The summed E-state index contributed by atoms with van der Waals surface area (Å²) < 4.78 is 5.03. The van der Waals surface area contributed by atoms with Gasteiger partial charge in [-0.2, -0.15) is 0 Å². The van der Waals surface area contributed by atoms with E-state index >= 15 is 0 Å². The SMILES string of the molecule is CCCCCCCN(C(=O)Nc1ccccc1)c1cccc(Sc2ccc(CC(=O)OCC)cc2)c1. The molecular weight excluding hydrogens is 468 g/mol. The van der Waals surface area contributed by atoms with Crippen LogP contribution >= 0.6 is 11.8 Å². The van der Waals surface area contributed by atoms with Gasteiger partial charge in [0.15, 0.2) is 0 Å². The molecule has 36 heavy (non-hydrogen) atoms. The largest absolute Gasteiger partial charge is 0.466 e. The number of hydrogen-bond donors (Lipinski definition) is 1. The highest BCUT2D eigenvalue weighted by Gasteiger charge is 2.16. The number of para-hydroxylation sites is 1. The quantitative estimate of drug-likeness (QED) is 0.189. The highest BCUT2D eigenvalue weighted by atomic mass is 32.2. The average Bonchev–Trinajstić information content (AvgIpc) is 2.88. The van der Waals surface area contributed by atoms with Crippen LogP contribution in [-0.2, 0) is 16.0 Å². The van der Waals surface area contributed by atoms with Crippen LogP contribution in [0.25, 0.3) is 0 Å². The topological polar surface area (TPSA) is 58.6 Å². The number of anilines is 2. The molecule has 0 aromatic heterocycles. The van der Waals surface area contributed by atoms with E-state index in [4.69, 9.17) is 4.74 Å². The molecule has 0 aliphatic heterocycles. The third-order valence-corrected chi connectivity index (χ3v) is 6.70. The molecule has 2 amide bonds. The smallest absolute Gasteiger partial charge is 0.326 e. The number of hydrogen-bond acceptors (Lipinski definition) is 4. The van der Waals surface area contributed by atoms with Gasteiger partial charge in [0.2, 0.25) is 0 Å². The molecule has 0 atom stereocenters. The molecule has 0 radical (unpaired) electrons. The van der Waals surface area contributed by atoms with Gasteiger partial charge in [-0.25, -0.2) is 4.79 Å². The molecule has 0 aliphatic rings. The molecule has 3 aromatic carbocycles. The molecule has 190 valence electrons. The maximum atomic E-state index is 13.2. The first-order valence-electron chi connectivity index (χ1n) is 12.7. The molecular formula is C30H36N2O3S. The first-order valence-corrected chi connectivity index (χ1v) is 13.6. The van der Waals surface area contributed by atoms with Crippen molar-refractivity contribution < 1.29 is 14.3 Å². The van der Waals surface area contributed by atoms with Crippen molar-refractivity contribution in [3.8, 4) is 0 Å². The third-order valence-electron chi connectivity index (χ3n) is 5.70. The zero-order valence-electron chi connectivity index (χ0n) is 21.2. The Labute approximate surface area is 219 Å². The molecule has 0 spiro atoms. The summed E-state index contributed by atoms with van der Waals surface area (Å²) in [4.78, 5) is 28.9. The summed E-state index contributed by atoms with van der Waals surface area (Å²) in [5.41, 5.74) is 2.59. The second-order valence-electron chi connectivity index (χ2n) is 8.59. The van der Waals surface area contributed by atoms with Crippen LogP contribution in [0.15, 0.2) is 88.7 Å². The summed E-state index contributed by atoms with van der Waals surface area (Å²) in [7, 11) is 0. The van der Waals surface area contributed by atoms with Gasteiger partial charge in [0.05, 0.1) is 13.0 Å². The Morgan fingerprint density at radius 3 is 2.31 bits per heavy atom. The van der Waals surface area contributed by atoms with E-state index in [1.54, 1.807) is 11.8 Å². The van der Waals surface area contributed by atoms with Gasteiger partial charge >= 0.3 is 12.0 Å². The van der Waals surface area contributed by atoms with Crippen molar-refractivity contribution in [2.75, 3.05) is 23.4 Å². The van der Waals surface area contributed by atoms with Crippen LogP contribution < -0.4 is 10.2 Å². The molecule has 0 heterocycles. The predicted molar refractivity (Wildman–Crippen MR) is 149 cm³/mol. The van der Waals surface area contributed by atoms with Gasteiger partial charge in [0.25, 0.3) is 0 Å². The number of rotatable bonds is 13. The molecule has 0 unspecified atom stereocenters. The molecule has 0 bridgehead atoms. The van der Waals surface area contributed by atoms with E-state index in [0.29, 0.717) is 13.2 Å². The molecule has 0 saturated carbocycles. The summed E-state index contributed by atoms with van der Waals surface area (Å²) in [5, 5.41) is 3.03. The van der Waals surface area contributed by atoms with Crippen molar-refractivity contribution in [3.63, 3.8) is 0 Å². The molecule has 6 heteroatoms. The van der Waals surface area contributed by atoms with Crippen molar-refractivity contribution in [2.45, 2.75) is 62.2 Å². The number of nitrogens with one attached hydrogen (secondary N) is 1. The Bertz CT molecular complexity index is 1090. The maximum Gasteiger partial charge on any atom is 0.326 e. The van der Waals surface area contributed by atoms with Crippen molar-refractivity contribution >= 4 is 35.1 Å². The number of nitrogens with zero attached hydrogens (tertiary/aromatic N) is 1. The lowest BCUT2D eigenvalue weighted by atomic mass is 10.1. The van der Waals surface area contributed by atoms with Crippen LogP contribution in [0.1, 0.15) is 51.5 Å². The lowest BCUT2D eigenvalue weighted by molar-refractivity contribution is -0.142. The zero-order chi connectivity index (χ0) is 25.6. The van der Waals surface area contributed by atoms with E-state index in [-0.39, 0.29) is 18.4 Å². The summed E-state index contributed by atoms with van der Waals surface area (Å²) in [6.45, 7) is 5.07. The van der Waals surface area contributed by atoms with Gasteiger partial charge < -0.3 is 10.1 Å². The van der Waals surface area contributed by atoms with E-state index < -0.39 is 0 Å². The lowest BCUT2D eigenvalue weighted by Crippen LogP contribution is -2.35.